The molecule has 1 aromatic rings. The van der Waals surface area contributed by atoms with Gasteiger partial charge in [0.1, 0.15) is 0 Å². The standard InChI is InChI=1S/C8H7Cl2O/c9-7-2-1-6(3-4-11)5-8(7)10/h1-3,5,11H,4H2. The molecule has 0 unspecified atom stereocenters. The Bertz CT molecular complexity index is 248. The van der Waals surface area contributed by atoms with E-state index in [0.29, 0.717) is 10.0 Å². The number of hydrogen-bond donors (Lipinski definition) is 1. The van der Waals surface area contributed by atoms with Gasteiger partial charge in [-0.15, -0.1) is 0 Å². The van der Waals surface area contributed by atoms with Crippen molar-refractivity contribution < 1.29 is 5.11 Å². The second kappa shape index (κ2) is 3.96. The predicted molar refractivity (Wildman–Crippen MR) is 46.9 cm³/mol. The summed E-state index contributed by atoms with van der Waals surface area (Å²) in [5.41, 5.74) is 0.877. The van der Waals surface area contributed by atoms with E-state index in [1.165, 1.54) is 0 Å². The summed E-state index contributed by atoms with van der Waals surface area (Å²) in [5, 5.41) is 9.59. The number of halogens is 2. The van der Waals surface area contributed by atoms with Crippen LogP contribution in [0.2, 0.25) is 10.0 Å². The first kappa shape index (κ1) is 8.85. The van der Waals surface area contributed by atoms with Crippen LogP contribution in [0.4, 0.5) is 0 Å². The summed E-state index contributed by atoms with van der Waals surface area (Å²) in [6, 6.07) is 5.20. The summed E-state index contributed by atoms with van der Waals surface area (Å²) in [7, 11) is 0. The Morgan fingerprint density at radius 3 is 2.55 bits per heavy atom. The highest BCUT2D eigenvalue weighted by Crippen LogP contribution is 2.22. The number of hydrogen-bond acceptors (Lipinski definition) is 1. The van der Waals surface area contributed by atoms with E-state index in [-0.39, 0.29) is 6.61 Å². The van der Waals surface area contributed by atoms with Crippen molar-refractivity contribution in [3.63, 3.8) is 0 Å². The van der Waals surface area contributed by atoms with Gasteiger partial charge in [0, 0.05) is 6.42 Å². The maximum atomic E-state index is 8.55. The van der Waals surface area contributed by atoms with Crippen molar-refractivity contribution >= 4 is 23.2 Å². The van der Waals surface area contributed by atoms with Gasteiger partial charge in [-0.2, -0.15) is 0 Å². The van der Waals surface area contributed by atoms with E-state index >= 15 is 0 Å². The van der Waals surface area contributed by atoms with Crippen molar-refractivity contribution in [3.05, 3.63) is 40.2 Å². The molecule has 1 rings (SSSR count). The molecule has 0 bridgehead atoms. The van der Waals surface area contributed by atoms with Crippen LogP contribution in [0.3, 0.4) is 0 Å². The molecule has 0 aromatic heterocycles. The molecule has 59 valence electrons. The summed E-state index contributed by atoms with van der Waals surface area (Å²) < 4.78 is 0. The monoisotopic (exact) mass is 189 g/mol. The molecule has 0 fully saturated rings. The minimum atomic E-state index is 0.0119. The zero-order chi connectivity index (χ0) is 8.27. The molecule has 1 radical (unpaired) electrons. The van der Waals surface area contributed by atoms with Crippen molar-refractivity contribution in [1.29, 1.82) is 0 Å². The fraction of sp³-hybridized carbons (Fsp3) is 0.125. The third-order valence-corrected chi connectivity index (χ3v) is 2.01. The highest BCUT2D eigenvalue weighted by molar-refractivity contribution is 6.42. The molecule has 0 atom stereocenters. The van der Waals surface area contributed by atoms with E-state index in [1.54, 1.807) is 24.6 Å². The lowest BCUT2D eigenvalue weighted by Gasteiger charge is -1.99. The minimum Gasteiger partial charge on any atom is -0.396 e. The normalized spacial score (nSPS) is 10.1. The van der Waals surface area contributed by atoms with Gasteiger partial charge in [-0.1, -0.05) is 29.3 Å². The van der Waals surface area contributed by atoms with Gasteiger partial charge in [0.25, 0.3) is 0 Å². The third-order valence-electron chi connectivity index (χ3n) is 1.27. The van der Waals surface area contributed by atoms with Crippen molar-refractivity contribution in [3.8, 4) is 0 Å². The van der Waals surface area contributed by atoms with Crippen molar-refractivity contribution in [2.45, 2.75) is 0 Å². The smallest absolute Gasteiger partial charge is 0.0595 e. The molecule has 1 nitrogen and oxygen atoms in total. The number of aliphatic hydroxyl groups excluding tert-OH is 1. The SMILES string of the molecule is OC[CH]c1ccc(Cl)c(Cl)c1. The maximum Gasteiger partial charge on any atom is 0.0595 e. The Balaban J connectivity index is 2.86. The van der Waals surface area contributed by atoms with Crippen molar-refractivity contribution in [2.24, 2.45) is 0 Å². The Hall–Kier alpha value is -0.240. The number of aliphatic hydroxyl groups is 1. The fourth-order valence-electron chi connectivity index (χ4n) is 0.745. The molecule has 0 saturated carbocycles. The zero-order valence-corrected chi connectivity index (χ0v) is 7.23. The van der Waals surface area contributed by atoms with Gasteiger partial charge in [-0.25, -0.2) is 0 Å². The molecule has 3 heteroatoms. The molecule has 0 amide bonds. The Morgan fingerprint density at radius 1 is 1.27 bits per heavy atom. The quantitative estimate of drug-likeness (QED) is 0.759. The van der Waals surface area contributed by atoms with Gasteiger partial charge in [0.05, 0.1) is 16.7 Å². The van der Waals surface area contributed by atoms with Crippen LogP contribution in [0, 0.1) is 6.42 Å². The largest absolute Gasteiger partial charge is 0.396 e. The Labute approximate surface area is 75.6 Å². The average Bonchev–Trinajstić information content (AvgIpc) is 1.98. The van der Waals surface area contributed by atoms with E-state index in [0.717, 1.165) is 5.56 Å². The molecule has 1 N–H and O–H groups in total. The lowest BCUT2D eigenvalue weighted by molar-refractivity contribution is 0.331. The van der Waals surface area contributed by atoms with Crippen LogP contribution in [0.5, 0.6) is 0 Å². The van der Waals surface area contributed by atoms with E-state index in [1.807, 2.05) is 0 Å². The van der Waals surface area contributed by atoms with E-state index in [9.17, 15) is 0 Å². The van der Waals surface area contributed by atoms with Crippen LogP contribution < -0.4 is 0 Å². The molecule has 0 saturated heterocycles. The highest BCUT2D eigenvalue weighted by Gasteiger charge is 1.98. The molecule has 0 aliphatic rings. The zero-order valence-electron chi connectivity index (χ0n) is 5.72. The molecule has 0 aliphatic carbocycles. The van der Waals surface area contributed by atoms with Gasteiger partial charge in [0.2, 0.25) is 0 Å². The fourth-order valence-corrected chi connectivity index (χ4v) is 1.05. The molecular weight excluding hydrogens is 183 g/mol. The Morgan fingerprint density at radius 2 is 2.00 bits per heavy atom. The van der Waals surface area contributed by atoms with E-state index in [2.05, 4.69) is 0 Å². The van der Waals surface area contributed by atoms with Crippen LogP contribution in [-0.2, 0) is 0 Å². The summed E-state index contributed by atoms with van der Waals surface area (Å²) in [5.74, 6) is 0. The number of benzene rings is 1. The number of rotatable bonds is 2. The maximum absolute atomic E-state index is 8.55. The van der Waals surface area contributed by atoms with Gasteiger partial charge < -0.3 is 5.11 Å². The van der Waals surface area contributed by atoms with Crippen LogP contribution in [0.25, 0.3) is 0 Å². The summed E-state index contributed by atoms with van der Waals surface area (Å²) >= 11 is 11.4. The molecule has 0 aliphatic heterocycles. The van der Waals surface area contributed by atoms with E-state index in [4.69, 9.17) is 28.3 Å². The average molecular weight is 190 g/mol. The lowest BCUT2D eigenvalue weighted by Crippen LogP contribution is -1.86. The second-order valence-corrected chi connectivity index (χ2v) is 2.87. The Kier molecular flexibility index (Phi) is 3.18. The van der Waals surface area contributed by atoms with Crippen molar-refractivity contribution in [1.82, 2.24) is 0 Å². The van der Waals surface area contributed by atoms with Gasteiger partial charge in [0.15, 0.2) is 0 Å². The molecule has 11 heavy (non-hydrogen) atoms. The van der Waals surface area contributed by atoms with Gasteiger partial charge in [-0.3, -0.25) is 0 Å². The first-order chi connectivity index (χ1) is 5.24. The van der Waals surface area contributed by atoms with Gasteiger partial charge >= 0.3 is 0 Å². The van der Waals surface area contributed by atoms with Crippen molar-refractivity contribution in [2.75, 3.05) is 6.61 Å². The predicted octanol–water partition coefficient (Wildman–Crippen LogP) is 2.54. The van der Waals surface area contributed by atoms with E-state index < -0.39 is 0 Å². The van der Waals surface area contributed by atoms with Crippen LogP contribution in [0.1, 0.15) is 5.56 Å². The molecule has 1 aromatic carbocycles. The first-order valence-electron chi connectivity index (χ1n) is 3.13. The summed E-state index contributed by atoms with van der Waals surface area (Å²) in [4.78, 5) is 0. The highest BCUT2D eigenvalue weighted by atomic mass is 35.5. The van der Waals surface area contributed by atoms with Crippen LogP contribution >= 0.6 is 23.2 Å². The first-order valence-corrected chi connectivity index (χ1v) is 3.89. The topological polar surface area (TPSA) is 20.2 Å². The lowest BCUT2D eigenvalue weighted by atomic mass is 10.2. The van der Waals surface area contributed by atoms with Crippen LogP contribution in [0.15, 0.2) is 18.2 Å². The molecule has 0 spiro atoms. The summed E-state index contributed by atoms with van der Waals surface area (Å²) in [6.45, 7) is 0.0119. The molecule has 0 heterocycles. The van der Waals surface area contributed by atoms with Gasteiger partial charge in [-0.05, 0) is 17.7 Å². The van der Waals surface area contributed by atoms with Crippen LogP contribution in [-0.4, -0.2) is 11.7 Å². The minimum absolute atomic E-state index is 0.0119. The summed E-state index contributed by atoms with van der Waals surface area (Å²) in [6.07, 6.45) is 1.65. The second-order valence-electron chi connectivity index (χ2n) is 2.06. The molecular formula is C8H7Cl2O. The third kappa shape index (κ3) is 2.37.